The summed E-state index contributed by atoms with van der Waals surface area (Å²) >= 11 is 0. The summed E-state index contributed by atoms with van der Waals surface area (Å²) in [5, 5.41) is 3.57. The number of aromatic nitrogens is 1. The maximum atomic E-state index is 11.9. The number of aryl methyl sites for hydroxylation is 2. The normalized spacial score (nSPS) is 12.1. The van der Waals surface area contributed by atoms with Crippen molar-refractivity contribution >= 4 is 15.8 Å². The van der Waals surface area contributed by atoms with Crippen LogP contribution >= 0.6 is 0 Å². The number of rotatable bonds is 5. The van der Waals surface area contributed by atoms with Gasteiger partial charge in [0.2, 0.25) is 10.0 Å². The topological polar surface area (TPSA) is 89.3 Å². The Morgan fingerprint density at radius 2 is 2.00 bits per heavy atom. The van der Waals surface area contributed by atoms with E-state index in [0.29, 0.717) is 0 Å². The van der Waals surface area contributed by atoms with Crippen molar-refractivity contribution in [2.24, 2.45) is 5.92 Å². The van der Waals surface area contributed by atoms with E-state index in [0.717, 1.165) is 0 Å². The van der Waals surface area contributed by atoms with Crippen molar-refractivity contribution in [2.45, 2.75) is 32.6 Å². The molecule has 0 aliphatic rings. The lowest BCUT2D eigenvalue weighted by Crippen LogP contribution is -2.32. The van der Waals surface area contributed by atoms with Crippen molar-refractivity contribution in [3.8, 4) is 0 Å². The van der Waals surface area contributed by atoms with E-state index in [9.17, 15) is 13.2 Å². The first-order valence-corrected chi connectivity index (χ1v) is 6.69. The van der Waals surface area contributed by atoms with Crippen LogP contribution in [0.1, 0.15) is 25.3 Å². The third-order valence-corrected chi connectivity index (χ3v) is 3.96. The van der Waals surface area contributed by atoms with Gasteiger partial charge in [-0.25, -0.2) is 13.1 Å². The van der Waals surface area contributed by atoms with E-state index in [-0.39, 0.29) is 34.6 Å². The smallest absolute Gasteiger partial charge is 0.246 e. The number of ketones is 1. The van der Waals surface area contributed by atoms with E-state index >= 15 is 0 Å². The average Bonchev–Trinajstić information content (AvgIpc) is 2.55. The summed E-state index contributed by atoms with van der Waals surface area (Å²) in [5.74, 6) is -0.158. The minimum atomic E-state index is -3.73. The molecule has 1 aromatic heterocycles. The third-order valence-electron chi connectivity index (χ3n) is 2.32. The number of hydrogen-bond acceptors (Lipinski definition) is 5. The Balaban J connectivity index is 2.87. The second kappa shape index (κ2) is 4.97. The lowest BCUT2D eigenvalue weighted by Gasteiger charge is -2.07. The number of carbonyl (C=O) groups is 1. The zero-order valence-corrected chi connectivity index (χ0v) is 11.1. The molecule has 1 rings (SSSR count). The van der Waals surface area contributed by atoms with Gasteiger partial charge in [0.15, 0.2) is 5.76 Å². The predicted octanol–water partition coefficient (Wildman–Crippen LogP) is 0.795. The Morgan fingerprint density at radius 1 is 1.41 bits per heavy atom. The highest BCUT2D eigenvalue weighted by atomic mass is 32.2. The van der Waals surface area contributed by atoms with Crippen molar-refractivity contribution in [3.63, 3.8) is 0 Å². The molecule has 0 unspecified atom stereocenters. The van der Waals surface area contributed by atoms with E-state index in [4.69, 9.17) is 4.52 Å². The van der Waals surface area contributed by atoms with Crippen LogP contribution in [0.15, 0.2) is 9.42 Å². The first-order valence-electron chi connectivity index (χ1n) is 5.21. The summed E-state index contributed by atoms with van der Waals surface area (Å²) in [5.41, 5.74) is 0.284. The van der Waals surface area contributed by atoms with Crippen molar-refractivity contribution in [3.05, 3.63) is 11.5 Å². The molecule has 0 aliphatic carbocycles. The van der Waals surface area contributed by atoms with Gasteiger partial charge in [-0.1, -0.05) is 19.0 Å². The zero-order valence-electron chi connectivity index (χ0n) is 10.3. The Bertz CT molecular complexity index is 497. The molecule has 6 nitrogen and oxygen atoms in total. The standard InChI is InChI=1S/C10H16N2O4S/c1-6(2)9(13)5-11-17(14,15)10-7(3)12-16-8(10)4/h6,11H,5H2,1-4H3. The van der Waals surface area contributed by atoms with Gasteiger partial charge in [-0.15, -0.1) is 0 Å². The molecule has 7 heteroatoms. The SMILES string of the molecule is Cc1noc(C)c1S(=O)(=O)NCC(=O)C(C)C. The molecule has 0 amide bonds. The maximum Gasteiger partial charge on any atom is 0.246 e. The predicted molar refractivity (Wildman–Crippen MR) is 61.0 cm³/mol. The van der Waals surface area contributed by atoms with Gasteiger partial charge >= 0.3 is 0 Å². The fourth-order valence-corrected chi connectivity index (χ4v) is 2.62. The average molecular weight is 260 g/mol. The lowest BCUT2D eigenvalue weighted by atomic mass is 10.1. The molecular formula is C10H16N2O4S. The highest BCUT2D eigenvalue weighted by Crippen LogP contribution is 2.18. The van der Waals surface area contributed by atoms with Crippen LogP contribution in [0, 0.1) is 19.8 Å². The van der Waals surface area contributed by atoms with Crippen molar-refractivity contribution in [2.75, 3.05) is 6.54 Å². The van der Waals surface area contributed by atoms with Gasteiger partial charge in [-0.05, 0) is 13.8 Å². The highest BCUT2D eigenvalue weighted by Gasteiger charge is 2.24. The Hall–Kier alpha value is -1.21. The van der Waals surface area contributed by atoms with Crippen LogP contribution in [0.5, 0.6) is 0 Å². The Labute approximate surface area is 100 Å². The van der Waals surface area contributed by atoms with Gasteiger partial charge in [0.25, 0.3) is 0 Å². The van der Waals surface area contributed by atoms with E-state index in [1.54, 1.807) is 13.8 Å². The molecule has 0 atom stereocenters. The summed E-state index contributed by atoms with van der Waals surface area (Å²) in [6.45, 7) is 6.26. The van der Waals surface area contributed by atoms with Crippen molar-refractivity contribution in [1.29, 1.82) is 0 Å². The first-order chi connectivity index (χ1) is 7.75. The number of nitrogens with zero attached hydrogens (tertiary/aromatic N) is 1. The number of carbonyl (C=O) groups excluding carboxylic acids is 1. The largest absolute Gasteiger partial charge is 0.360 e. The van der Waals surface area contributed by atoms with Gasteiger partial charge < -0.3 is 4.52 Å². The van der Waals surface area contributed by atoms with Crippen LogP contribution in [0.2, 0.25) is 0 Å². The van der Waals surface area contributed by atoms with E-state index in [1.807, 2.05) is 0 Å². The monoisotopic (exact) mass is 260 g/mol. The minimum Gasteiger partial charge on any atom is -0.360 e. The molecule has 0 saturated heterocycles. The van der Waals surface area contributed by atoms with E-state index in [2.05, 4.69) is 9.88 Å². The van der Waals surface area contributed by atoms with Gasteiger partial charge in [-0.2, -0.15) is 0 Å². The summed E-state index contributed by atoms with van der Waals surface area (Å²) in [7, 11) is -3.73. The molecule has 0 aromatic carbocycles. The van der Waals surface area contributed by atoms with Crippen molar-refractivity contribution in [1.82, 2.24) is 9.88 Å². The van der Waals surface area contributed by atoms with E-state index in [1.165, 1.54) is 13.8 Å². The van der Waals surface area contributed by atoms with Gasteiger partial charge in [0, 0.05) is 5.92 Å². The van der Waals surface area contributed by atoms with Gasteiger partial charge in [-0.3, -0.25) is 4.79 Å². The molecule has 0 radical (unpaired) electrons. The highest BCUT2D eigenvalue weighted by molar-refractivity contribution is 7.89. The lowest BCUT2D eigenvalue weighted by molar-refractivity contribution is -0.120. The van der Waals surface area contributed by atoms with Gasteiger partial charge in [0.1, 0.15) is 16.4 Å². The minimum absolute atomic E-state index is 0.00839. The van der Waals surface area contributed by atoms with Gasteiger partial charge in [0.05, 0.1) is 6.54 Å². The summed E-state index contributed by atoms with van der Waals surface area (Å²) < 4.78 is 30.8. The van der Waals surface area contributed by atoms with Crippen LogP contribution in [0.25, 0.3) is 0 Å². The molecule has 0 bridgehead atoms. The van der Waals surface area contributed by atoms with Crippen LogP contribution in [0.3, 0.4) is 0 Å². The summed E-state index contributed by atoms with van der Waals surface area (Å²) in [6.07, 6.45) is 0. The molecular weight excluding hydrogens is 244 g/mol. The quantitative estimate of drug-likeness (QED) is 0.845. The second-order valence-corrected chi connectivity index (χ2v) is 5.80. The van der Waals surface area contributed by atoms with Crippen LogP contribution in [0.4, 0.5) is 0 Å². The zero-order chi connectivity index (χ0) is 13.2. The molecule has 1 N–H and O–H groups in total. The van der Waals surface area contributed by atoms with Crippen LogP contribution in [-0.2, 0) is 14.8 Å². The molecule has 1 heterocycles. The maximum absolute atomic E-state index is 11.9. The second-order valence-electron chi connectivity index (χ2n) is 4.10. The molecule has 0 saturated carbocycles. The molecule has 96 valence electrons. The number of nitrogens with one attached hydrogen (secondary N) is 1. The summed E-state index contributed by atoms with van der Waals surface area (Å²) in [6, 6.07) is 0. The molecule has 0 aliphatic heterocycles. The van der Waals surface area contributed by atoms with Crippen molar-refractivity contribution < 1.29 is 17.7 Å². The first kappa shape index (κ1) is 13.9. The molecule has 17 heavy (non-hydrogen) atoms. The molecule has 0 spiro atoms. The third kappa shape index (κ3) is 3.13. The van der Waals surface area contributed by atoms with Crippen LogP contribution in [-0.4, -0.2) is 25.9 Å². The fourth-order valence-electron chi connectivity index (χ4n) is 1.30. The summed E-state index contributed by atoms with van der Waals surface area (Å²) in [4.78, 5) is 11.4. The molecule has 1 aromatic rings. The Kier molecular flexibility index (Phi) is 4.05. The number of sulfonamides is 1. The van der Waals surface area contributed by atoms with E-state index < -0.39 is 10.0 Å². The van der Waals surface area contributed by atoms with Crippen LogP contribution < -0.4 is 4.72 Å². The molecule has 0 fully saturated rings. The number of hydrogen-bond donors (Lipinski definition) is 1. The number of Topliss-reactive ketones (excluding diaryl/α,β-unsaturated/α-hetero) is 1. The Morgan fingerprint density at radius 3 is 2.41 bits per heavy atom. The fraction of sp³-hybridized carbons (Fsp3) is 0.600.